The van der Waals surface area contributed by atoms with Gasteiger partial charge in [-0.25, -0.2) is 4.98 Å². The Hall–Kier alpha value is -1.65. The van der Waals surface area contributed by atoms with Gasteiger partial charge in [-0.3, -0.25) is 9.88 Å². The van der Waals surface area contributed by atoms with Gasteiger partial charge in [0.25, 0.3) is 0 Å². The molecular formula is C16H19ClN4. The molecule has 1 aliphatic heterocycles. The van der Waals surface area contributed by atoms with E-state index in [0.717, 1.165) is 30.5 Å². The number of halogens is 1. The number of nitrogens with zero attached hydrogens (tertiary/aromatic N) is 3. The molecule has 1 aromatic heterocycles. The van der Waals surface area contributed by atoms with Crippen LogP contribution in [0.15, 0.2) is 42.9 Å². The smallest absolute Gasteiger partial charge is 0.144 e. The van der Waals surface area contributed by atoms with Crippen molar-refractivity contribution in [2.75, 3.05) is 25.0 Å². The zero-order valence-corrected chi connectivity index (χ0v) is 12.6. The van der Waals surface area contributed by atoms with Crippen LogP contribution in [0.2, 0.25) is 5.02 Å². The lowest BCUT2D eigenvalue weighted by Gasteiger charge is -2.29. The first kappa shape index (κ1) is 14.3. The third-order valence-corrected chi connectivity index (χ3v) is 4.23. The molecule has 3 rings (SSSR count). The van der Waals surface area contributed by atoms with Crippen LogP contribution in [0, 0.1) is 0 Å². The third-order valence-electron chi connectivity index (χ3n) is 3.89. The van der Waals surface area contributed by atoms with Crippen molar-refractivity contribution in [1.82, 2.24) is 14.9 Å². The van der Waals surface area contributed by atoms with E-state index < -0.39 is 0 Å². The van der Waals surface area contributed by atoms with Crippen molar-refractivity contribution in [3.63, 3.8) is 0 Å². The highest BCUT2D eigenvalue weighted by atomic mass is 35.5. The van der Waals surface area contributed by atoms with E-state index in [0.29, 0.717) is 0 Å². The minimum Gasteiger partial charge on any atom is -0.367 e. The summed E-state index contributed by atoms with van der Waals surface area (Å²) in [5.74, 6) is 0.800. The monoisotopic (exact) mass is 302 g/mol. The molecule has 5 heteroatoms. The fraction of sp³-hybridized carbons (Fsp3) is 0.375. The van der Waals surface area contributed by atoms with Crippen molar-refractivity contribution in [2.45, 2.75) is 18.9 Å². The molecule has 1 fully saturated rings. The summed E-state index contributed by atoms with van der Waals surface area (Å²) in [5.41, 5.74) is 1.18. The van der Waals surface area contributed by atoms with Gasteiger partial charge in [0, 0.05) is 24.0 Å². The maximum atomic E-state index is 6.40. The standard InChI is InChI=1S/C16H19ClN4/c17-14-6-2-1-5-13(14)15(21-9-3-4-10-21)11-20-16-12-18-7-8-19-16/h1-2,5-8,12,15H,3-4,9-11H2,(H,19,20). The minimum absolute atomic E-state index is 0.267. The number of hydrogen-bond acceptors (Lipinski definition) is 4. The molecule has 1 aromatic carbocycles. The minimum atomic E-state index is 0.267. The van der Waals surface area contributed by atoms with E-state index in [9.17, 15) is 0 Å². The highest BCUT2D eigenvalue weighted by molar-refractivity contribution is 6.31. The van der Waals surface area contributed by atoms with Crippen LogP contribution >= 0.6 is 11.6 Å². The van der Waals surface area contributed by atoms with E-state index in [1.54, 1.807) is 18.6 Å². The summed E-state index contributed by atoms with van der Waals surface area (Å²) in [6.45, 7) is 3.03. The highest BCUT2D eigenvalue weighted by Crippen LogP contribution is 2.30. The lowest BCUT2D eigenvalue weighted by Crippen LogP contribution is -2.31. The summed E-state index contributed by atoms with van der Waals surface area (Å²) < 4.78 is 0. The Kier molecular flexibility index (Phi) is 4.68. The number of hydrogen-bond donors (Lipinski definition) is 1. The van der Waals surface area contributed by atoms with E-state index in [2.05, 4.69) is 26.3 Å². The molecule has 0 saturated carbocycles. The van der Waals surface area contributed by atoms with E-state index in [1.807, 2.05) is 18.2 Å². The second kappa shape index (κ2) is 6.87. The second-order valence-corrected chi connectivity index (χ2v) is 5.66. The molecule has 1 unspecified atom stereocenters. The molecular weight excluding hydrogens is 284 g/mol. The maximum Gasteiger partial charge on any atom is 0.144 e. The summed E-state index contributed by atoms with van der Waals surface area (Å²) in [4.78, 5) is 10.8. The van der Waals surface area contributed by atoms with Crippen LogP contribution in [0.3, 0.4) is 0 Å². The van der Waals surface area contributed by atoms with Crippen LogP contribution in [-0.4, -0.2) is 34.5 Å². The molecule has 4 nitrogen and oxygen atoms in total. The molecule has 0 aliphatic carbocycles. The van der Waals surface area contributed by atoms with Crippen LogP contribution in [0.1, 0.15) is 24.4 Å². The number of benzene rings is 1. The van der Waals surface area contributed by atoms with E-state index in [1.165, 1.54) is 18.4 Å². The SMILES string of the molecule is Clc1ccccc1C(CNc1cnccn1)N1CCCC1. The fourth-order valence-electron chi connectivity index (χ4n) is 2.83. The summed E-state index contributed by atoms with van der Waals surface area (Å²) in [6.07, 6.45) is 7.63. The number of likely N-dealkylation sites (tertiary alicyclic amines) is 1. The van der Waals surface area contributed by atoms with Gasteiger partial charge < -0.3 is 5.32 Å². The van der Waals surface area contributed by atoms with Gasteiger partial charge in [0.15, 0.2) is 0 Å². The van der Waals surface area contributed by atoms with Crippen LogP contribution in [0.5, 0.6) is 0 Å². The molecule has 1 N–H and O–H groups in total. The average molecular weight is 303 g/mol. The first-order valence-electron chi connectivity index (χ1n) is 7.33. The fourth-order valence-corrected chi connectivity index (χ4v) is 3.09. The molecule has 110 valence electrons. The lowest BCUT2D eigenvalue weighted by atomic mass is 10.1. The highest BCUT2D eigenvalue weighted by Gasteiger charge is 2.24. The number of anilines is 1. The summed E-state index contributed by atoms with van der Waals surface area (Å²) in [6, 6.07) is 8.37. The van der Waals surface area contributed by atoms with Gasteiger partial charge >= 0.3 is 0 Å². The topological polar surface area (TPSA) is 41.1 Å². The third kappa shape index (κ3) is 3.52. The first-order chi connectivity index (χ1) is 10.3. The Morgan fingerprint density at radius 2 is 2.00 bits per heavy atom. The normalized spacial score (nSPS) is 16.8. The van der Waals surface area contributed by atoms with E-state index >= 15 is 0 Å². The molecule has 2 heterocycles. The van der Waals surface area contributed by atoms with Crippen LogP contribution in [0.4, 0.5) is 5.82 Å². The molecule has 0 spiro atoms. The van der Waals surface area contributed by atoms with Gasteiger partial charge in [0.2, 0.25) is 0 Å². The van der Waals surface area contributed by atoms with Crippen LogP contribution in [0.25, 0.3) is 0 Å². The van der Waals surface area contributed by atoms with Crippen molar-refractivity contribution in [3.05, 3.63) is 53.4 Å². The molecule has 0 bridgehead atoms. The largest absolute Gasteiger partial charge is 0.367 e. The summed E-state index contributed by atoms with van der Waals surface area (Å²) >= 11 is 6.40. The van der Waals surface area contributed by atoms with Gasteiger partial charge in [0.1, 0.15) is 5.82 Å². The summed E-state index contributed by atoms with van der Waals surface area (Å²) in [5, 5.41) is 4.20. The number of nitrogens with one attached hydrogen (secondary N) is 1. The van der Waals surface area contributed by atoms with Gasteiger partial charge in [-0.15, -0.1) is 0 Å². The first-order valence-corrected chi connectivity index (χ1v) is 7.71. The zero-order valence-electron chi connectivity index (χ0n) is 11.9. The molecule has 1 atom stereocenters. The Morgan fingerprint density at radius 3 is 2.71 bits per heavy atom. The number of aromatic nitrogens is 2. The average Bonchev–Trinajstić information content (AvgIpc) is 3.04. The van der Waals surface area contributed by atoms with Crippen molar-refractivity contribution >= 4 is 17.4 Å². The molecule has 0 amide bonds. The maximum absolute atomic E-state index is 6.40. The molecule has 21 heavy (non-hydrogen) atoms. The van der Waals surface area contributed by atoms with Gasteiger partial charge in [-0.1, -0.05) is 29.8 Å². The van der Waals surface area contributed by atoms with Gasteiger partial charge in [0.05, 0.1) is 12.2 Å². The second-order valence-electron chi connectivity index (χ2n) is 5.25. The summed E-state index contributed by atoms with van der Waals surface area (Å²) in [7, 11) is 0. The van der Waals surface area contributed by atoms with Crippen LogP contribution < -0.4 is 5.32 Å². The Morgan fingerprint density at radius 1 is 1.19 bits per heavy atom. The van der Waals surface area contributed by atoms with Gasteiger partial charge in [-0.05, 0) is 37.6 Å². The predicted octanol–water partition coefficient (Wildman–Crippen LogP) is 3.38. The van der Waals surface area contributed by atoms with Crippen molar-refractivity contribution in [1.29, 1.82) is 0 Å². The van der Waals surface area contributed by atoms with Gasteiger partial charge in [-0.2, -0.15) is 0 Å². The molecule has 0 radical (unpaired) electrons. The van der Waals surface area contributed by atoms with Crippen LogP contribution in [-0.2, 0) is 0 Å². The van der Waals surface area contributed by atoms with Crippen molar-refractivity contribution in [3.8, 4) is 0 Å². The molecule has 2 aromatic rings. The Balaban J connectivity index is 1.78. The Bertz CT molecular complexity index is 569. The van der Waals surface area contributed by atoms with Crippen molar-refractivity contribution < 1.29 is 0 Å². The molecule has 1 saturated heterocycles. The van der Waals surface area contributed by atoms with E-state index in [4.69, 9.17) is 11.6 Å². The Labute approximate surface area is 130 Å². The van der Waals surface area contributed by atoms with Crippen molar-refractivity contribution in [2.24, 2.45) is 0 Å². The lowest BCUT2D eigenvalue weighted by molar-refractivity contribution is 0.256. The predicted molar refractivity (Wildman–Crippen MR) is 85.5 cm³/mol. The number of rotatable bonds is 5. The zero-order chi connectivity index (χ0) is 14.5. The molecule has 1 aliphatic rings. The quantitative estimate of drug-likeness (QED) is 0.919. The van der Waals surface area contributed by atoms with E-state index in [-0.39, 0.29) is 6.04 Å².